The summed E-state index contributed by atoms with van der Waals surface area (Å²) in [5, 5.41) is 14.5. The lowest BCUT2D eigenvalue weighted by Crippen LogP contribution is -2.33. The number of hydrogen-bond acceptors (Lipinski definition) is 9. The second-order valence-electron chi connectivity index (χ2n) is 11.2. The number of aliphatic carboxylic acids is 1. The minimum atomic E-state index is -5.08. The molecule has 4 aromatic rings. The van der Waals surface area contributed by atoms with Crippen LogP contribution in [0.15, 0.2) is 77.8 Å². The van der Waals surface area contributed by atoms with Crippen LogP contribution in [-0.2, 0) is 26.0 Å². The molecule has 0 spiro atoms. The molecule has 3 aromatic carbocycles. The van der Waals surface area contributed by atoms with E-state index in [-0.39, 0.29) is 23.5 Å². The van der Waals surface area contributed by atoms with Gasteiger partial charge in [-0.25, -0.2) is 18.2 Å². The topological polar surface area (TPSA) is 170 Å². The molecule has 0 radical (unpaired) electrons. The van der Waals surface area contributed by atoms with Gasteiger partial charge in [-0.1, -0.05) is 24.3 Å². The molecule has 49 heavy (non-hydrogen) atoms. The quantitative estimate of drug-likeness (QED) is 0.132. The van der Waals surface area contributed by atoms with Crippen molar-refractivity contribution in [2.45, 2.75) is 69.6 Å². The normalized spacial score (nSPS) is 12.2. The number of carboxylic acid groups (broad SMARTS) is 1. The first-order valence-corrected chi connectivity index (χ1v) is 16.7. The number of nitrogens with zero attached hydrogens (tertiary/aromatic N) is 1. The fourth-order valence-corrected chi connectivity index (χ4v) is 5.83. The van der Waals surface area contributed by atoms with Crippen LogP contribution in [0.25, 0.3) is 10.8 Å². The van der Waals surface area contributed by atoms with Gasteiger partial charge in [0.15, 0.2) is 21.3 Å². The van der Waals surface area contributed by atoms with Crippen LogP contribution in [0.1, 0.15) is 51.8 Å². The lowest BCUT2D eigenvalue weighted by atomic mass is 10.0. The monoisotopic (exact) mass is 704 g/mol. The van der Waals surface area contributed by atoms with E-state index in [0.717, 1.165) is 10.8 Å². The Morgan fingerprint density at radius 3 is 2.27 bits per heavy atom. The summed E-state index contributed by atoms with van der Waals surface area (Å²) in [6, 6.07) is 18.7. The highest BCUT2D eigenvalue weighted by Crippen LogP contribution is 2.34. The molecule has 0 aliphatic heterocycles. The van der Waals surface area contributed by atoms with Crippen molar-refractivity contribution >= 4 is 44.0 Å². The first-order chi connectivity index (χ1) is 22.9. The van der Waals surface area contributed by atoms with E-state index in [4.69, 9.17) is 25.1 Å². The maximum Gasteiger partial charge on any atom is 0.490 e. The number of carbonyl (C=O) groups excluding carboxylic acids is 1. The minimum absolute atomic E-state index is 0.0337. The summed E-state index contributed by atoms with van der Waals surface area (Å²) in [6.07, 6.45) is -3.51. The van der Waals surface area contributed by atoms with Crippen molar-refractivity contribution in [3.8, 4) is 11.5 Å². The molecule has 0 aliphatic rings. The van der Waals surface area contributed by atoms with Gasteiger partial charge < -0.3 is 30.9 Å². The first kappa shape index (κ1) is 38.4. The van der Waals surface area contributed by atoms with Crippen LogP contribution in [0.2, 0.25) is 0 Å². The zero-order valence-electron chi connectivity index (χ0n) is 27.5. The molecule has 0 saturated carbocycles. The lowest BCUT2D eigenvalue weighted by Gasteiger charge is -2.23. The van der Waals surface area contributed by atoms with E-state index in [0.29, 0.717) is 40.7 Å². The minimum Gasteiger partial charge on any atom is -0.490 e. The van der Waals surface area contributed by atoms with Gasteiger partial charge in [0, 0.05) is 23.8 Å². The van der Waals surface area contributed by atoms with E-state index in [1.54, 1.807) is 56.4 Å². The third-order valence-electron chi connectivity index (χ3n) is 6.93. The summed E-state index contributed by atoms with van der Waals surface area (Å²) in [7, 11) is -3.54. The highest BCUT2D eigenvalue weighted by molar-refractivity contribution is 7.92. The molecular weight excluding hydrogens is 665 g/mol. The molecule has 0 fully saturated rings. The highest BCUT2D eigenvalue weighted by Gasteiger charge is 2.38. The van der Waals surface area contributed by atoms with E-state index in [1.807, 2.05) is 51.1 Å². The lowest BCUT2D eigenvalue weighted by molar-refractivity contribution is -0.192. The first-order valence-electron chi connectivity index (χ1n) is 15.2. The van der Waals surface area contributed by atoms with Gasteiger partial charge in [-0.2, -0.15) is 13.2 Å². The van der Waals surface area contributed by atoms with Gasteiger partial charge in [0.25, 0.3) is 0 Å². The molecule has 5 N–H and O–H groups in total. The Hall–Kier alpha value is -5.05. The number of carbonyl (C=O) groups is 2. The Balaban J connectivity index is 0.000000838. The largest absolute Gasteiger partial charge is 0.490 e. The van der Waals surface area contributed by atoms with Gasteiger partial charge >= 0.3 is 12.1 Å². The summed E-state index contributed by atoms with van der Waals surface area (Å²) >= 11 is 0. The number of nitrogens with two attached hydrogens (primary N) is 1. The number of nitrogen functional groups attached to an aromatic ring is 1. The number of nitrogens with one attached hydrogen (secondary N) is 2. The third kappa shape index (κ3) is 10.2. The zero-order chi connectivity index (χ0) is 36.5. The second kappa shape index (κ2) is 16.4. The Kier molecular flexibility index (Phi) is 12.8. The van der Waals surface area contributed by atoms with Crippen molar-refractivity contribution in [3.05, 3.63) is 84.1 Å². The number of pyridine rings is 1. The van der Waals surface area contributed by atoms with Gasteiger partial charge in [0.1, 0.15) is 11.9 Å². The van der Waals surface area contributed by atoms with Crippen molar-refractivity contribution in [2.75, 3.05) is 17.7 Å². The number of aromatic nitrogens is 1. The van der Waals surface area contributed by atoms with Crippen molar-refractivity contribution < 1.29 is 45.8 Å². The van der Waals surface area contributed by atoms with E-state index in [1.165, 1.54) is 0 Å². The maximum atomic E-state index is 13.8. The number of alkyl halides is 3. The summed E-state index contributed by atoms with van der Waals surface area (Å²) in [6.45, 7) is 9.48. The number of anilines is 2. The molecule has 1 amide bonds. The molecule has 0 saturated heterocycles. The molecule has 1 atom stereocenters. The van der Waals surface area contributed by atoms with E-state index in [2.05, 4.69) is 15.6 Å². The standard InChI is InChI=1S/C32H38N4O5S.C2HF3O2/c1-6-40-28-18-23(11-14-27(28)41-20(2)3)30(36-25-12-13-26-22(17-25)15-16-34-31(26)33)32(37)35-19-24-9-7-8-10-29(24)42(38,39)21(4)5;3-2(4,5)1(6)7/h7-18,20-21,30,36H,6,19H2,1-5H3,(H2,33,34)(H,35,37);(H,6,7). The number of benzene rings is 3. The predicted molar refractivity (Wildman–Crippen MR) is 180 cm³/mol. The van der Waals surface area contributed by atoms with Gasteiger partial charge in [0.05, 0.1) is 22.9 Å². The summed E-state index contributed by atoms with van der Waals surface area (Å²) < 4.78 is 69.5. The number of ether oxygens (including phenoxy) is 2. The molecule has 1 aromatic heterocycles. The number of hydrogen-bond donors (Lipinski definition) is 4. The number of halogens is 3. The van der Waals surface area contributed by atoms with Crippen molar-refractivity contribution in [3.63, 3.8) is 0 Å². The summed E-state index contributed by atoms with van der Waals surface area (Å²) in [4.78, 5) is 27.1. The smallest absolute Gasteiger partial charge is 0.490 e. The van der Waals surface area contributed by atoms with Gasteiger partial charge in [0.2, 0.25) is 5.91 Å². The second-order valence-corrected chi connectivity index (χ2v) is 13.7. The average molecular weight is 705 g/mol. The van der Waals surface area contributed by atoms with Crippen LogP contribution >= 0.6 is 0 Å². The van der Waals surface area contributed by atoms with Crippen LogP contribution < -0.4 is 25.8 Å². The summed E-state index contributed by atoms with van der Waals surface area (Å²) in [5.41, 5.74) is 7.88. The number of rotatable bonds is 12. The zero-order valence-corrected chi connectivity index (χ0v) is 28.4. The fourth-order valence-electron chi connectivity index (χ4n) is 4.55. The maximum absolute atomic E-state index is 13.8. The number of amides is 1. The Bertz CT molecular complexity index is 1880. The predicted octanol–water partition coefficient (Wildman–Crippen LogP) is 6.29. The van der Waals surface area contributed by atoms with Gasteiger partial charge in [-0.3, -0.25) is 4.79 Å². The van der Waals surface area contributed by atoms with Crippen LogP contribution in [0.3, 0.4) is 0 Å². The fraction of sp³-hybridized carbons (Fsp3) is 0.324. The van der Waals surface area contributed by atoms with Crippen molar-refractivity contribution in [2.24, 2.45) is 0 Å². The Morgan fingerprint density at radius 1 is 0.980 bits per heavy atom. The van der Waals surface area contributed by atoms with E-state index >= 15 is 0 Å². The molecule has 11 nitrogen and oxygen atoms in total. The van der Waals surface area contributed by atoms with Crippen molar-refractivity contribution in [1.29, 1.82) is 0 Å². The molecular formula is C34H39F3N4O7S. The van der Waals surface area contributed by atoms with Gasteiger partial charge in [-0.15, -0.1) is 0 Å². The van der Waals surface area contributed by atoms with E-state index in [9.17, 15) is 26.4 Å². The molecule has 264 valence electrons. The summed E-state index contributed by atoms with van der Waals surface area (Å²) in [5.74, 6) is -1.58. The molecule has 0 aliphatic carbocycles. The van der Waals surface area contributed by atoms with E-state index < -0.39 is 33.3 Å². The number of sulfone groups is 1. The molecule has 0 bridgehead atoms. The Morgan fingerprint density at radius 2 is 1.65 bits per heavy atom. The van der Waals surface area contributed by atoms with Crippen LogP contribution in [0, 0.1) is 0 Å². The van der Waals surface area contributed by atoms with Crippen LogP contribution in [0.5, 0.6) is 11.5 Å². The Labute approximate surface area is 282 Å². The molecule has 1 unspecified atom stereocenters. The molecule has 4 rings (SSSR count). The molecule has 15 heteroatoms. The average Bonchev–Trinajstić information content (AvgIpc) is 3.03. The molecule has 1 heterocycles. The van der Waals surface area contributed by atoms with Crippen LogP contribution in [-0.4, -0.2) is 54.5 Å². The van der Waals surface area contributed by atoms with Crippen molar-refractivity contribution in [1.82, 2.24) is 10.3 Å². The highest BCUT2D eigenvalue weighted by atomic mass is 32.2. The van der Waals surface area contributed by atoms with Gasteiger partial charge in [-0.05, 0) is 93.6 Å². The number of carboxylic acids is 1. The van der Waals surface area contributed by atoms with Crippen LogP contribution in [0.4, 0.5) is 24.7 Å². The number of fused-ring (bicyclic) bond motifs is 1. The third-order valence-corrected chi connectivity index (χ3v) is 9.18. The SMILES string of the molecule is CCOc1cc(C(Nc2ccc3c(N)nccc3c2)C(=O)NCc2ccccc2S(=O)(=O)C(C)C)ccc1OC(C)C.O=C(O)C(F)(F)F.